The van der Waals surface area contributed by atoms with E-state index in [-0.39, 0.29) is 12.2 Å². The van der Waals surface area contributed by atoms with Gasteiger partial charge >= 0.3 is 6.09 Å². The Morgan fingerprint density at radius 1 is 1.39 bits per heavy atom. The van der Waals surface area contributed by atoms with Gasteiger partial charge in [-0.1, -0.05) is 0 Å². The Hall–Kier alpha value is -1.26. The second-order valence-electron chi connectivity index (χ2n) is 5.77. The van der Waals surface area contributed by atoms with Crippen molar-refractivity contribution in [1.82, 2.24) is 5.32 Å². The van der Waals surface area contributed by atoms with Crippen LogP contribution < -0.4 is 5.32 Å². The SMILES string of the molecule is CC(C)(C)OC(=O)NCC1CCCC(OC=O)C1. The molecule has 1 aliphatic carbocycles. The molecule has 5 heteroatoms. The van der Waals surface area contributed by atoms with Gasteiger partial charge in [0, 0.05) is 6.54 Å². The summed E-state index contributed by atoms with van der Waals surface area (Å²) in [6, 6.07) is 0. The molecule has 5 nitrogen and oxygen atoms in total. The van der Waals surface area contributed by atoms with Gasteiger partial charge in [0.25, 0.3) is 6.47 Å². The lowest BCUT2D eigenvalue weighted by molar-refractivity contribution is -0.135. The van der Waals surface area contributed by atoms with Crippen LogP contribution in [0.15, 0.2) is 0 Å². The van der Waals surface area contributed by atoms with Gasteiger partial charge in [0.05, 0.1) is 0 Å². The van der Waals surface area contributed by atoms with Crippen molar-refractivity contribution in [2.24, 2.45) is 5.92 Å². The Balaban J connectivity index is 2.26. The van der Waals surface area contributed by atoms with Crippen LogP contribution in [-0.4, -0.2) is 30.8 Å². The van der Waals surface area contributed by atoms with E-state index < -0.39 is 5.60 Å². The van der Waals surface area contributed by atoms with Gasteiger partial charge in [0.2, 0.25) is 0 Å². The maximum Gasteiger partial charge on any atom is 0.407 e. The normalized spacial score (nSPS) is 24.2. The Labute approximate surface area is 108 Å². The van der Waals surface area contributed by atoms with Gasteiger partial charge < -0.3 is 14.8 Å². The van der Waals surface area contributed by atoms with Crippen molar-refractivity contribution in [3.05, 3.63) is 0 Å². The van der Waals surface area contributed by atoms with Crippen LogP contribution in [0.25, 0.3) is 0 Å². The minimum absolute atomic E-state index is 0.00156. The number of ether oxygens (including phenoxy) is 2. The maximum absolute atomic E-state index is 11.5. The van der Waals surface area contributed by atoms with Crippen LogP contribution in [0.4, 0.5) is 4.79 Å². The second-order valence-corrected chi connectivity index (χ2v) is 5.77. The van der Waals surface area contributed by atoms with E-state index in [0.29, 0.717) is 18.9 Å². The molecule has 1 saturated carbocycles. The highest BCUT2D eigenvalue weighted by Crippen LogP contribution is 2.25. The number of amides is 1. The number of hydrogen-bond donors (Lipinski definition) is 1. The van der Waals surface area contributed by atoms with E-state index in [1.54, 1.807) is 0 Å². The molecule has 0 aromatic rings. The first kappa shape index (κ1) is 14.8. The van der Waals surface area contributed by atoms with E-state index in [1.807, 2.05) is 20.8 Å². The summed E-state index contributed by atoms with van der Waals surface area (Å²) in [4.78, 5) is 21.8. The Kier molecular flexibility index (Phi) is 5.44. The maximum atomic E-state index is 11.5. The third kappa shape index (κ3) is 5.89. The molecule has 1 aliphatic rings. The number of carbonyl (C=O) groups excluding carboxylic acids is 2. The molecule has 104 valence electrons. The lowest BCUT2D eigenvalue weighted by Gasteiger charge is -2.28. The first-order chi connectivity index (χ1) is 8.40. The van der Waals surface area contributed by atoms with Crippen LogP contribution in [0.5, 0.6) is 0 Å². The van der Waals surface area contributed by atoms with Crippen LogP contribution in [0, 0.1) is 5.92 Å². The molecular formula is C13H23NO4. The molecule has 0 bridgehead atoms. The minimum atomic E-state index is -0.472. The van der Waals surface area contributed by atoms with Crippen LogP contribution in [0.2, 0.25) is 0 Å². The van der Waals surface area contributed by atoms with E-state index in [9.17, 15) is 9.59 Å². The fraction of sp³-hybridized carbons (Fsp3) is 0.846. The van der Waals surface area contributed by atoms with E-state index in [4.69, 9.17) is 9.47 Å². The average Bonchev–Trinajstić information content (AvgIpc) is 2.25. The molecule has 0 radical (unpaired) electrons. The first-order valence-electron chi connectivity index (χ1n) is 6.46. The highest BCUT2D eigenvalue weighted by molar-refractivity contribution is 5.67. The molecule has 1 amide bonds. The molecule has 2 atom stereocenters. The summed E-state index contributed by atoms with van der Waals surface area (Å²) in [5.74, 6) is 0.358. The lowest BCUT2D eigenvalue weighted by Crippen LogP contribution is -2.37. The van der Waals surface area contributed by atoms with E-state index in [1.165, 1.54) is 0 Å². The summed E-state index contributed by atoms with van der Waals surface area (Å²) in [7, 11) is 0. The molecule has 0 spiro atoms. The highest BCUT2D eigenvalue weighted by atomic mass is 16.6. The van der Waals surface area contributed by atoms with Gasteiger partial charge in [0.1, 0.15) is 11.7 Å². The topological polar surface area (TPSA) is 64.6 Å². The summed E-state index contributed by atoms with van der Waals surface area (Å²) in [6.45, 7) is 6.59. The summed E-state index contributed by atoms with van der Waals surface area (Å²) >= 11 is 0. The fourth-order valence-corrected chi connectivity index (χ4v) is 2.17. The molecule has 1 fully saturated rings. The third-order valence-electron chi connectivity index (χ3n) is 2.92. The predicted molar refractivity (Wildman–Crippen MR) is 67.1 cm³/mol. The molecule has 1 N–H and O–H groups in total. The van der Waals surface area contributed by atoms with E-state index >= 15 is 0 Å². The molecule has 18 heavy (non-hydrogen) atoms. The van der Waals surface area contributed by atoms with Crippen molar-refractivity contribution in [1.29, 1.82) is 0 Å². The van der Waals surface area contributed by atoms with E-state index in [0.717, 1.165) is 25.7 Å². The molecule has 0 aliphatic heterocycles. The first-order valence-corrected chi connectivity index (χ1v) is 6.46. The van der Waals surface area contributed by atoms with E-state index in [2.05, 4.69) is 5.32 Å². The number of nitrogens with one attached hydrogen (secondary N) is 1. The number of rotatable bonds is 4. The molecule has 0 heterocycles. The third-order valence-corrected chi connectivity index (χ3v) is 2.92. The summed E-state index contributed by atoms with van der Waals surface area (Å²) in [5.41, 5.74) is -0.472. The highest BCUT2D eigenvalue weighted by Gasteiger charge is 2.24. The van der Waals surface area contributed by atoms with Gasteiger partial charge in [-0.15, -0.1) is 0 Å². The minimum Gasteiger partial charge on any atom is -0.465 e. The molecule has 2 unspecified atom stereocenters. The Bertz CT molecular complexity index is 285. The zero-order valence-electron chi connectivity index (χ0n) is 11.4. The van der Waals surface area contributed by atoms with Gasteiger partial charge in [-0.05, 0) is 52.4 Å². The Morgan fingerprint density at radius 2 is 2.11 bits per heavy atom. The van der Waals surface area contributed by atoms with Gasteiger partial charge in [-0.3, -0.25) is 4.79 Å². The molecule has 0 aromatic heterocycles. The monoisotopic (exact) mass is 257 g/mol. The summed E-state index contributed by atoms with van der Waals surface area (Å²) < 4.78 is 10.1. The molecular weight excluding hydrogens is 234 g/mol. The van der Waals surface area contributed by atoms with Crippen molar-refractivity contribution in [3.63, 3.8) is 0 Å². The van der Waals surface area contributed by atoms with Crippen LogP contribution in [0.3, 0.4) is 0 Å². The van der Waals surface area contributed by atoms with Crippen molar-refractivity contribution < 1.29 is 19.1 Å². The fourth-order valence-electron chi connectivity index (χ4n) is 2.17. The lowest BCUT2D eigenvalue weighted by atomic mass is 9.87. The van der Waals surface area contributed by atoms with Gasteiger partial charge in [-0.2, -0.15) is 0 Å². The van der Waals surface area contributed by atoms with Crippen molar-refractivity contribution in [3.8, 4) is 0 Å². The summed E-state index contributed by atoms with van der Waals surface area (Å²) in [5, 5.41) is 2.77. The van der Waals surface area contributed by atoms with Crippen molar-refractivity contribution in [2.45, 2.75) is 58.2 Å². The van der Waals surface area contributed by atoms with Gasteiger partial charge in [0.15, 0.2) is 0 Å². The number of hydrogen-bond acceptors (Lipinski definition) is 4. The average molecular weight is 257 g/mol. The molecule has 0 aromatic carbocycles. The standard InChI is InChI=1S/C13H23NO4/c1-13(2,3)18-12(16)14-8-10-5-4-6-11(7-10)17-9-15/h9-11H,4-8H2,1-3H3,(H,14,16). The smallest absolute Gasteiger partial charge is 0.407 e. The predicted octanol–water partition coefficient (Wildman–Crippen LogP) is 2.24. The Morgan fingerprint density at radius 3 is 2.72 bits per heavy atom. The quantitative estimate of drug-likeness (QED) is 0.784. The largest absolute Gasteiger partial charge is 0.465 e. The van der Waals surface area contributed by atoms with Crippen LogP contribution >= 0.6 is 0 Å². The molecule has 1 rings (SSSR count). The number of carbonyl (C=O) groups is 2. The zero-order valence-corrected chi connectivity index (χ0v) is 11.4. The van der Waals surface area contributed by atoms with Crippen molar-refractivity contribution in [2.75, 3.05) is 6.54 Å². The zero-order chi connectivity index (χ0) is 13.6. The van der Waals surface area contributed by atoms with Crippen LogP contribution in [-0.2, 0) is 14.3 Å². The van der Waals surface area contributed by atoms with Crippen LogP contribution in [0.1, 0.15) is 46.5 Å². The summed E-state index contributed by atoms with van der Waals surface area (Å²) in [6.07, 6.45) is 3.42. The second kappa shape index (κ2) is 6.61. The number of alkyl carbamates (subject to hydrolysis) is 1. The van der Waals surface area contributed by atoms with Crippen molar-refractivity contribution >= 4 is 12.6 Å². The molecule has 0 saturated heterocycles. The van der Waals surface area contributed by atoms with Gasteiger partial charge in [-0.25, -0.2) is 4.79 Å².